The Morgan fingerprint density at radius 3 is 2.80 bits per heavy atom. The predicted octanol–water partition coefficient (Wildman–Crippen LogP) is 2.14. The molecule has 0 atom stereocenters. The van der Waals surface area contributed by atoms with Gasteiger partial charge >= 0.3 is 0 Å². The SMILES string of the molecule is C/C=C(/C)c1cn[nH]c1C. The van der Waals surface area contributed by atoms with Crippen molar-refractivity contribution in [1.29, 1.82) is 0 Å². The Labute approximate surface area is 61.0 Å². The predicted molar refractivity (Wildman–Crippen MR) is 42.6 cm³/mol. The molecule has 0 saturated carbocycles. The second-order valence-corrected chi connectivity index (χ2v) is 2.38. The molecular weight excluding hydrogens is 124 g/mol. The Morgan fingerprint density at radius 1 is 1.70 bits per heavy atom. The summed E-state index contributed by atoms with van der Waals surface area (Å²) in [5, 5.41) is 6.82. The highest BCUT2D eigenvalue weighted by Crippen LogP contribution is 2.14. The highest BCUT2D eigenvalue weighted by Gasteiger charge is 1.99. The Morgan fingerprint density at radius 2 is 2.40 bits per heavy atom. The van der Waals surface area contributed by atoms with Crippen LogP contribution < -0.4 is 0 Å². The first kappa shape index (κ1) is 7.06. The molecule has 0 aromatic carbocycles. The Bertz CT molecular complexity index is 246. The van der Waals surface area contributed by atoms with Gasteiger partial charge in [0.2, 0.25) is 0 Å². The van der Waals surface area contributed by atoms with Crippen molar-refractivity contribution in [1.82, 2.24) is 10.2 Å². The van der Waals surface area contributed by atoms with Gasteiger partial charge in [0.1, 0.15) is 0 Å². The van der Waals surface area contributed by atoms with E-state index in [2.05, 4.69) is 23.2 Å². The molecule has 1 aromatic rings. The Balaban J connectivity index is 3.05. The van der Waals surface area contributed by atoms with Gasteiger partial charge in [0.25, 0.3) is 0 Å². The molecule has 0 bridgehead atoms. The fourth-order valence-electron chi connectivity index (χ4n) is 0.904. The number of H-pyrrole nitrogens is 1. The van der Waals surface area contributed by atoms with Crippen molar-refractivity contribution in [2.45, 2.75) is 20.8 Å². The van der Waals surface area contributed by atoms with Crippen LogP contribution in [0.4, 0.5) is 0 Å². The van der Waals surface area contributed by atoms with E-state index in [1.807, 2.05) is 20.0 Å². The molecule has 0 unspecified atom stereocenters. The van der Waals surface area contributed by atoms with E-state index in [0.29, 0.717) is 0 Å². The summed E-state index contributed by atoms with van der Waals surface area (Å²) in [7, 11) is 0. The lowest BCUT2D eigenvalue weighted by molar-refractivity contribution is 1.05. The smallest absolute Gasteiger partial charge is 0.0565 e. The van der Waals surface area contributed by atoms with Gasteiger partial charge in [0.05, 0.1) is 6.20 Å². The lowest BCUT2D eigenvalue weighted by Crippen LogP contribution is -1.78. The molecule has 1 rings (SSSR count). The van der Waals surface area contributed by atoms with Gasteiger partial charge in [0, 0.05) is 11.3 Å². The van der Waals surface area contributed by atoms with Crippen LogP contribution in [0.2, 0.25) is 0 Å². The number of rotatable bonds is 1. The maximum Gasteiger partial charge on any atom is 0.0565 e. The first-order valence-corrected chi connectivity index (χ1v) is 3.39. The summed E-state index contributed by atoms with van der Waals surface area (Å²) >= 11 is 0. The van der Waals surface area contributed by atoms with Crippen LogP contribution in [0.5, 0.6) is 0 Å². The van der Waals surface area contributed by atoms with Gasteiger partial charge in [-0.3, -0.25) is 5.10 Å². The fourth-order valence-corrected chi connectivity index (χ4v) is 0.904. The van der Waals surface area contributed by atoms with Gasteiger partial charge in [0.15, 0.2) is 0 Å². The lowest BCUT2D eigenvalue weighted by atomic mass is 10.1. The average Bonchev–Trinajstić information content (AvgIpc) is 2.34. The second-order valence-electron chi connectivity index (χ2n) is 2.38. The number of hydrogen-bond donors (Lipinski definition) is 1. The first-order valence-electron chi connectivity index (χ1n) is 3.39. The maximum atomic E-state index is 3.92. The number of allylic oxidation sites excluding steroid dienone is 2. The molecule has 0 amide bonds. The summed E-state index contributed by atoms with van der Waals surface area (Å²) in [5.74, 6) is 0. The summed E-state index contributed by atoms with van der Waals surface area (Å²) in [6.07, 6.45) is 3.93. The number of hydrogen-bond acceptors (Lipinski definition) is 1. The number of aromatic nitrogens is 2. The van der Waals surface area contributed by atoms with Gasteiger partial charge in [-0.25, -0.2) is 0 Å². The van der Waals surface area contributed by atoms with Crippen LogP contribution >= 0.6 is 0 Å². The number of aryl methyl sites for hydroxylation is 1. The molecule has 10 heavy (non-hydrogen) atoms. The molecule has 0 aliphatic heterocycles. The fraction of sp³-hybridized carbons (Fsp3) is 0.375. The molecule has 2 nitrogen and oxygen atoms in total. The molecule has 0 spiro atoms. The van der Waals surface area contributed by atoms with E-state index >= 15 is 0 Å². The number of aromatic amines is 1. The largest absolute Gasteiger partial charge is 0.282 e. The van der Waals surface area contributed by atoms with Gasteiger partial charge in [-0.2, -0.15) is 5.10 Å². The summed E-state index contributed by atoms with van der Waals surface area (Å²) in [4.78, 5) is 0. The zero-order chi connectivity index (χ0) is 7.56. The van der Waals surface area contributed by atoms with E-state index < -0.39 is 0 Å². The third-order valence-electron chi connectivity index (χ3n) is 1.69. The van der Waals surface area contributed by atoms with Crippen LogP contribution in [0.3, 0.4) is 0 Å². The van der Waals surface area contributed by atoms with Crippen molar-refractivity contribution in [2.24, 2.45) is 0 Å². The molecule has 0 saturated heterocycles. The van der Waals surface area contributed by atoms with Crippen LogP contribution in [-0.4, -0.2) is 10.2 Å². The maximum absolute atomic E-state index is 3.92. The zero-order valence-electron chi connectivity index (χ0n) is 6.60. The highest BCUT2D eigenvalue weighted by atomic mass is 15.1. The number of nitrogens with zero attached hydrogens (tertiary/aromatic N) is 1. The van der Waals surface area contributed by atoms with Crippen LogP contribution in [0.25, 0.3) is 5.57 Å². The highest BCUT2D eigenvalue weighted by molar-refractivity contribution is 5.64. The quantitative estimate of drug-likeness (QED) is 0.629. The van der Waals surface area contributed by atoms with E-state index in [1.54, 1.807) is 0 Å². The van der Waals surface area contributed by atoms with Crippen LogP contribution in [-0.2, 0) is 0 Å². The molecule has 0 fully saturated rings. The molecule has 1 N–H and O–H groups in total. The van der Waals surface area contributed by atoms with Crippen molar-refractivity contribution in [3.63, 3.8) is 0 Å². The van der Waals surface area contributed by atoms with E-state index in [9.17, 15) is 0 Å². The van der Waals surface area contributed by atoms with Crippen molar-refractivity contribution in [3.05, 3.63) is 23.5 Å². The third-order valence-corrected chi connectivity index (χ3v) is 1.69. The first-order chi connectivity index (χ1) is 4.75. The van der Waals surface area contributed by atoms with E-state index in [1.165, 1.54) is 11.1 Å². The minimum absolute atomic E-state index is 1.13. The van der Waals surface area contributed by atoms with E-state index in [4.69, 9.17) is 0 Å². The summed E-state index contributed by atoms with van der Waals surface area (Å²) < 4.78 is 0. The average molecular weight is 136 g/mol. The van der Waals surface area contributed by atoms with Crippen LogP contribution in [0, 0.1) is 6.92 Å². The second kappa shape index (κ2) is 2.69. The molecule has 0 aliphatic rings. The Hall–Kier alpha value is -1.05. The molecule has 0 radical (unpaired) electrons. The van der Waals surface area contributed by atoms with Crippen molar-refractivity contribution < 1.29 is 0 Å². The topological polar surface area (TPSA) is 28.7 Å². The van der Waals surface area contributed by atoms with Gasteiger partial charge in [-0.15, -0.1) is 0 Å². The summed E-state index contributed by atoms with van der Waals surface area (Å²) in [6.45, 7) is 6.13. The van der Waals surface area contributed by atoms with E-state index in [-0.39, 0.29) is 0 Å². The number of nitrogens with one attached hydrogen (secondary N) is 1. The standard InChI is InChI=1S/C8H12N2/c1-4-6(2)8-5-9-10-7(8)3/h4-5H,1-3H3,(H,9,10)/b6-4-. The van der Waals surface area contributed by atoms with Gasteiger partial charge < -0.3 is 0 Å². The van der Waals surface area contributed by atoms with Crippen molar-refractivity contribution >= 4 is 5.57 Å². The van der Waals surface area contributed by atoms with Crippen LogP contribution in [0.15, 0.2) is 12.3 Å². The van der Waals surface area contributed by atoms with Crippen molar-refractivity contribution in [3.8, 4) is 0 Å². The molecule has 1 aromatic heterocycles. The van der Waals surface area contributed by atoms with Crippen LogP contribution in [0.1, 0.15) is 25.1 Å². The Kier molecular flexibility index (Phi) is 1.90. The normalized spacial score (nSPS) is 12.1. The molecule has 54 valence electrons. The summed E-state index contributed by atoms with van der Waals surface area (Å²) in [5.41, 5.74) is 3.62. The summed E-state index contributed by atoms with van der Waals surface area (Å²) in [6, 6.07) is 0. The monoisotopic (exact) mass is 136 g/mol. The molecule has 1 heterocycles. The molecular formula is C8H12N2. The minimum Gasteiger partial charge on any atom is -0.282 e. The van der Waals surface area contributed by atoms with Gasteiger partial charge in [-0.1, -0.05) is 6.08 Å². The van der Waals surface area contributed by atoms with Gasteiger partial charge in [-0.05, 0) is 26.3 Å². The molecule has 0 aliphatic carbocycles. The van der Waals surface area contributed by atoms with Crippen molar-refractivity contribution in [2.75, 3.05) is 0 Å². The molecule has 2 heteroatoms. The lowest BCUT2D eigenvalue weighted by Gasteiger charge is -1.94. The minimum atomic E-state index is 1.13. The van der Waals surface area contributed by atoms with E-state index in [0.717, 1.165) is 5.69 Å². The third kappa shape index (κ3) is 1.10. The zero-order valence-corrected chi connectivity index (χ0v) is 6.60.